The van der Waals surface area contributed by atoms with Gasteiger partial charge in [-0.05, 0) is 67.6 Å². The molecule has 0 amide bonds. The van der Waals surface area contributed by atoms with Gasteiger partial charge in [-0.15, -0.1) is 0 Å². The van der Waals surface area contributed by atoms with Gasteiger partial charge in [0.1, 0.15) is 0 Å². The third-order valence-electron chi connectivity index (χ3n) is 5.39. The molecule has 0 unspecified atom stereocenters. The predicted molar refractivity (Wildman–Crippen MR) is 115 cm³/mol. The summed E-state index contributed by atoms with van der Waals surface area (Å²) < 4.78 is 5.16. The van der Waals surface area contributed by atoms with Gasteiger partial charge in [-0.2, -0.15) is 0 Å². The Balaban J connectivity index is 1.35. The standard InChI is InChI=1S/C24H26N2O2/c1-24(2,14-12-19-8-5-9-21-22(19)26-23(27)28-21)25-15-13-17-10-11-18-6-3-4-7-20(18)16-17/h3-11,16,25H,12-15H2,1-2H3,(H,26,27). The van der Waals surface area contributed by atoms with Crippen molar-refractivity contribution in [1.29, 1.82) is 0 Å². The van der Waals surface area contributed by atoms with E-state index < -0.39 is 5.76 Å². The van der Waals surface area contributed by atoms with Crippen LogP contribution in [-0.4, -0.2) is 17.1 Å². The van der Waals surface area contributed by atoms with Crippen LogP contribution in [0, 0.1) is 0 Å². The van der Waals surface area contributed by atoms with E-state index in [4.69, 9.17) is 4.42 Å². The van der Waals surface area contributed by atoms with E-state index in [0.717, 1.165) is 36.9 Å². The quantitative estimate of drug-likeness (QED) is 0.488. The monoisotopic (exact) mass is 374 g/mol. The predicted octanol–water partition coefficient (Wildman–Crippen LogP) is 4.82. The lowest BCUT2D eigenvalue weighted by Crippen LogP contribution is -2.40. The second-order valence-corrected chi connectivity index (χ2v) is 8.05. The first-order valence-electron chi connectivity index (χ1n) is 9.84. The minimum Gasteiger partial charge on any atom is -0.408 e. The Labute approximate surface area is 164 Å². The van der Waals surface area contributed by atoms with Gasteiger partial charge in [0.15, 0.2) is 5.58 Å². The van der Waals surface area contributed by atoms with Crippen molar-refractivity contribution in [1.82, 2.24) is 10.3 Å². The molecule has 0 spiro atoms. The number of aromatic amines is 1. The number of nitrogens with one attached hydrogen (secondary N) is 2. The molecule has 4 rings (SSSR count). The first-order valence-corrected chi connectivity index (χ1v) is 9.84. The zero-order valence-corrected chi connectivity index (χ0v) is 16.4. The zero-order valence-electron chi connectivity index (χ0n) is 16.4. The lowest BCUT2D eigenvalue weighted by molar-refractivity contribution is 0.365. The first-order chi connectivity index (χ1) is 13.5. The van der Waals surface area contributed by atoms with E-state index in [2.05, 4.69) is 72.7 Å². The van der Waals surface area contributed by atoms with Crippen LogP contribution in [0.1, 0.15) is 31.4 Å². The Morgan fingerprint density at radius 3 is 2.64 bits per heavy atom. The molecule has 4 nitrogen and oxygen atoms in total. The minimum atomic E-state index is -0.393. The highest BCUT2D eigenvalue weighted by molar-refractivity contribution is 5.83. The van der Waals surface area contributed by atoms with Crippen LogP contribution in [0.4, 0.5) is 0 Å². The minimum absolute atomic E-state index is 0.00302. The van der Waals surface area contributed by atoms with Crippen LogP contribution in [0.2, 0.25) is 0 Å². The molecule has 4 heteroatoms. The molecule has 4 aromatic rings. The molecule has 0 radical (unpaired) electrons. The third-order valence-corrected chi connectivity index (χ3v) is 5.39. The maximum absolute atomic E-state index is 11.5. The molecule has 0 atom stereocenters. The van der Waals surface area contributed by atoms with Gasteiger partial charge in [0.25, 0.3) is 0 Å². The van der Waals surface area contributed by atoms with Crippen molar-refractivity contribution in [3.63, 3.8) is 0 Å². The summed E-state index contributed by atoms with van der Waals surface area (Å²) in [7, 11) is 0. The molecule has 3 aromatic carbocycles. The van der Waals surface area contributed by atoms with Gasteiger partial charge in [0, 0.05) is 5.54 Å². The van der Waals surface area contributed by atoms with Gasteiger partial charge in [-0.3, -0.25) is 4.98 Å². The van der Waals surface area contributed by atoms with Crippen molar-refractivity contribution in [2.75, 3.05) is 6.54 Å². The number of benzene rings is 3. The van der Waals surface area contributed by atoms with Crippen molar-refractivity contribution in [2.24, 2.45) is 0 Å². The van der Waals surface area contributed by atoms with E-state index in [1.54, 1.807) is 0 Å². The van der Waals surface area contributed by atoms with Crippen LogP contribution in [0.15, 0.2) is 69.9 Å². The van der Waals surface area contributed by atoms with Gasteiger partial charge >= 0.3 is 5.76 Å². The summed E-state index contributed by atoms with van der Waals surface area (Å²) in [5.74, 6) is -0.393. The fourth-order valence-corrected chi connectivity index (χ4v) is 3.71. The number of fused-ring (bicyclic) bond motifs is 2. The fourth-order valence-electron chi connectivity index (χ4n) is 3.71. The second-order valence-electron chi connectivity index (χ2n) is 8.05. The lowest BCUT2D eigenvalue weighted by Gasteiger charge is -2.26. The summed E-state index contributed by atoms with van der Waals surface area (Å²) in [6, 6.07) is 21.0. The average Bonchev–Trinajstić information content (AvgIpc) is 3.07. The largest absolute Gasteiger partial charge is 0.417 e. The van der Waals surface area contributed by atoms with Crippen LogP contribution in [0.5, 0.6) is 0 Å². The smallest absolute Gasteiger partial charge is 0.408 e. The second kappa shape index (κ2) is 7.64. The van der Waals surface area contributed by atoms with Crippen LogP contribution in [0.25, 0.3) is 21.9 Å². The molecule has 1 aromatic heterocycles. The molecule has 0 fully saturated rings. The molecule has 0 saturated carbocycles. The van der Waals surface area contributed by atoms with Crippen LogP contribution in [0.3, 0.4) is 0 Å². The zero-order chi connectivity index (χ0) is 19.6. The molecule has 144 valence electrons. The first kappa shape index (κ1) is 18.5. The Morgan fingerprint density at radius 1 is 0.964 bits per heavy atom. The van der Waals surface area contributed by atoms with E-state index in [1.807, 2.05) is 12.1 Å². The van der Waals surface area contributed by atoms with Crippen LogP contribution >= 0.6 is 0 Å². The Hall–Kier alpha value is -2.85. The number of rotatable bonds is 7. The number of hydrogen-bond donors (Lipinski definition) is 2. The highest BCUT2D eigenvalue weighted by atomic mass is 16.4. The van der Waals surface area contributed by atoms with E-state index >= 15 is 0 Å². The van der Waals surface area contributed by atoms with Gasteiger partial charge < -0.3 is 9.73 Å². The summed E-state index contributed by atoms with van der Waals surface area (Å²) in [5, 5.41) is 6.26. The topological polar surface area (TPSA) is 58.0 Å². The summed E-state index contributed by atoms with van der Waals surface area (Å²) >= 11 is 0. The third kappa shape index (κ3) is 4.18. The molecular weight excluding hydrogens is 348 g/mol. The molecule has 1 heterocycles. The maximum Gasteiger partial charge on any atom is 0.417 e. The average molecular weight is 374 g/mol. The summed E-state index contributed by atoms with van der Waals surface area (Å²) in [4.78, 5) is 14.3. The number of oxazole rings is 1. The Kier molecular flexibility index (Phi) is 5.05. The maximum atomic E-state index is 11.5. The van der Waals surface area contributed by atoms with Crippen molar-refractivity contribution >= 4 is 21.9 Å². The van der Waals surface area contributed by atoms with E-state index in [1.165, 1.54) is 16.3 Å². The van der Waals surface area contributed by atoms with Crippen molar-refractivity contribution in [2.45, 2.75) is 38.6 Å². The van der Waals surface area contributed by atoms with Gasteiger partial charge in [-0.25, -0.2) is 4.79 Å². The van der Waals surface area contributed by atoms with Crippen LogP contribution in [-0.2, 0) is 12.8 Å². The summed E-state index contributed by atoms with van der Waals surface area (Å²) in [6.07, 6.45) is 2.85. The van der Waals surface area contributed by atoms with E-state index in [-0.39, 0.29) is 5.54 Å². The van der Waals surface area contributed by atoms with Crippen molar-refractivity contribution in [3.8, 4) is 0 Å². The van der Waals surface area contributed by atoms with Crippen LogP contribution < -0.4 is 11.1 Å². The highest BCUT2D eigenvalue weighted by Crippen LogP contribution is 2.20. The lowest BCUT2D eigenvalue weighted by atomic mass is 9.94. The molecule has 0 aliphatic carbocycles. The molecule has 0 aliphatic rings. The number of aromatic nitrogens is 1. The van der Waals surface area contributed by atoms with Crippen molar-refractivity contribution in [3.05, 3.63) is 82.3 Å². The summed E-state index contributed by atoms with van der Waals surface area (Å²) in [5.41, 5.74) is 3.92. The Morgan fingerprint density at radius 2 is 1.79 bits per heavy atom. The van der Waals surface area contributed by atoms with E-state index in [0.29, 0.717) is 5.58 Å². The molecule has 0 aliphatic heterocycles. The number of aryl methyl sites for hydroxylation is 1. The number of H-pyrrole nitrogens is 1. The van der Waals surface area contributed by atoms with Crippen molar-refractivity contribution < 1.29 is 4.42 Å². The fraction of sp³-hybridized carbons (Fsp3) is 0.292. The molecular formula is C24H26N2O2. The summed E-state index contributed by atoms with van der Waals surface area (Å²) in [6.45, 7) is 5.38. The van der Waals surface area contributed by atoms with E-state index in [9.17, 15) is 4.79 Å². The van der Waals surface area contributed by atoms with Gasteiger partial charge in [0.05, 0.1) is 5.52 Å². The molecule has 28 heavy (non-hydrogen) atoms. The number of hydrogen-bond acceptors (Lipinski definition) is 3. The normalized spacial score (nSPS) is 12.1. The molecule has 2 N–H and O–H groups in total. The SMILES string of the molecule is CC(C)(CCc1cccc2oc(=O)[nH]c12)NCCc1ccc2ccccc2c1. The molecule has 0 saturated heterocycles. The Bertz CT molecular complexity index is 1150. The van der Waals surface area contributed by atoms with Gasteiger partial charge in [0.2, 0.25) is 0 Å². The highest BCUT2D eigenvalue weighted by Gasteiger charge is 2.18. The number of para-hydroxylation sites is 1. The molecule has 0 bridgehead atoms. The van der Waals surface area contributed by atoms with Gasteiger partial charge in [-0.1, -0.05) is 54.6 Å².